The van der Waals surface area contributed by atoms with Crippen LogP contribution in [-0.4, -0.2) is 9.85 Å². The Bertz CT molecular complexity index is 387. The summed E-state index contributed by atoms with van der Waals surface area (Å²) >= 11 is 0. The van der Waals surface area contributed by atoms with Crippen LogP contribution in [0.5, 0.6) is 0 Å². The Morgan fingerprint density at radius 1 is 1.06 bits per heavy atom. The molecule has 0 heterocycles. The SMILES string of the molecule is C=C[N+](=O)[O-].O=[N+]([O-])/C=C/c1ccccc1. The highest BCUT2D eigenvalue weighted by molar-refractivity contribution is 5.47. The van der Waals surface area contributed by atoms with E-state index < -0.39 is 9.85 Å². The van der Waals surface area contributed by atoms with Crippen molar-refractivity contribution in [2.45, 2.75) is 0 Å². The van der Waals surface area contributed by atoms with E-state index in [0.29, 0.717) is 6.20 Å². The maximum absolute atomic E-state index is 9.89. The van der Waals surface area contributed by atoms with Gasteiger partial charge in [-0.05, 0) is 12.1 Å². The fourth-order valence-electron chi connectivity index (χ4n) is 0.711. The fourth-order valence-corrected chi connectivity index (χ4v) is 0.711. The average Bonchev–Trinajstić information content (AvgIpc) is 2.28. The van der Waals surface area contributed by atoms with Gasteiger partial charge in [0.25, 0.3) is 0 Å². The van der Waals surface area contributed by atoms with E-state index in [9.17, 15) is 10.1 Å². The summed E-state index contributed by atoms with van der Waals surface area (Å²) in [5.41, 5.74) is 0.837. The third-order valence-corrected chi connectivity index (χ3v) is 1.34. The second-order valence-electron chi connectivity index (χ2n) is 2.48. The molecule has 0 aliphatic rings. The van der Waals surface area contributed by atoms with Gasteiger partial charge in [0.05, 0.1) is 9.85 Å². The lowest BCUT2D eigenvalue weighted by Gasteiger charge is -1.86. The lowest BCUT2D eigenvalue weighted by molar-refractivity contribution is -0.401. The first-order valence-electron chi connectivity index (χ1n) is 4.19. The van der Waals surface area contributed by atoms with Crippen LogP contribution >= 0.6 is 0 Å². The molecule has 6 nitrogen and oxygen atoms in total. The van der Waals surface area contributed by atoms with Gasteiger partial charge in [-0.1, -0.05) is 30.3 Å². The Labute approximate surface area is 91.8 Å². The summed E-state index contributed by atoms with van der Waals surface area (Å²) in [6.45, 7) is 2.86. The molecule has 0 aliphatic heterocycles. The highest BCUT2D eigenvalue weighted by atomic mass is 16.6. The minimum absolute atomic E-state index is 0.479. The second-order valence-corrected chi connectivity index (χ2v) is 2.48. The van der Waals surface area contributed by atoms with E-state index in [-0.39, 0.29) is 0 Å². The minimum atomic E-state index is -0.611. The van der Waals surface area contributed by atoms with E-state index >= 15 is 0 Å². The molecule has 0 aliphatic carbocycles. The van der Waals surface area contributed by atoms with Crippen LogP contribution in [0, 0.1) is 20.2 Å². The lowest BCUT2D eigenvalue weighted by Crippen LogP contribution is -1.81. The summed E-state index contributed by atoms with van der Waals surface area (Å²) in [7, 11) is 0. The van der Waals surface area contributed by atoms with Crippen molar-refractivity contribution in [1.29, 1.82) is 0 Å². The number of rotatable bonds is 3. The van der Waals surface area contributed by atoms with Crippen molar-refractivity contribution < 1.29 is 9.85 Å². The van der Waals surface area contributed by atoms with E-state index in [4.69, 9.17) is 10.1 Å². The molecule has 16 heavy (non-hydrogen) atoms. The smallest absolute Gasteiger partial charge is 0.235 e. The highest BCUT2D eigenvalue weighted by Crippen LogP contribution is 1.99. The van der Waals surface area contributed by atoms with Crippen LogP contribution < -0.4 is 0 Å². The van der Waals surface area contributed by atoms with Gasteiger partial charge in [-0.3, -0.25) is 20.2 Å². The van der Waals surface area contributed by atoms with Crippen LogP contribution in [0.2, 0.25) is 0 Å². The van der Waals surface area contributed by atoms with Crippen molar-refractivity contribution in [3.8, 4) is 0 Å². The van der Waals surface area contributed by atoms with E-state index in [1.165, 1.54) is 6.08 Å². The Morgan fingerprint density at radius 2 is 1.56 bits per heavy atom. The molecule has 1 aromatic carbocycles. The van der Waals surface area contributed by atoms with Gasteiger partial charge < -0.3 is 0 Å². The monoisotopic (exact) mass is 222 g/mol. The van der Waals surface area contributed by atoms with Crippen molar-refractivity contribution >= 4 is 6.08 Å². The molecular weight excluding hydrogens is 212 g/mol. The normalized spacial score (nSPS) is 9.00. The van der Waals surface area contributed by atoms with Crippen LogP contribution in [0.1, 0.15) is 5.56 Å². The zero-order valence-electron chi connectivity index (χ0n) is 8.35. The number of hydrogen-bond donors (Lipinski definition) is 0. The Hall–Kier alpha value is -2.50. The van der Waals surface area contributed by atoms with Gasteiger partial charge in [0, 0.05) is 6.08 Å². The molecule has 0 saturated carbocycles. The first-order chi connectivity index (χ1) is 7.56. The van der Waals surface area contributed by atoms with Gasteiger partial charge in [0.1, 0.15) is 0 Å². The van der Waals surface area contributed by atoms with Crippen LogP contribution in [0.3, 0.4) is 0 Å². The molecule has 0 spiro atoms. The quantitative estimate of drug-likeness (QED) is 0.580. The minimum Gasteiger partial charge on any atom is -0.259 e. The van der Waals surface area contributed by atoms with Crippen molar-refractivity contribution in [2.75, 3.05) is 0 Å². The third kappa shape index (κ3) is 8.11. The highest BCUT2D eigenvalue weighted by Gasteiger charge is 1.86. The van der Waals surface area contributed by atoms with E-state index in [1.807, 2.05) is 18.2 Å². The van der Waals surface area contributed by atoms with Gasteiger partial charge in [-0.15, -0.1) is 0 Å². The molecule has 0 fully saturated rings. The molecule has 84 valence electrons. The first-order valence-corrected chi connectivity index (χ1v) is 4.19. The molecular formula is C10H10N2O4. The van der Waals surface area contributed by atoms with Crippen molar-refractivity contribution in [1.82, 2.24) is 0 Å². The standard InChI is InChI=1S/C8H7NO2.C2H3NO2/c10-9(11)7-6-8-4-2-1-3-5-8;1-2-3(4)5/h1-7H;2H,1H2/b7-6+;. The van der Waals surface area contributed by atoms with Crippen LogP contribution in [0.4, 0.5) is 0 Å². The molecule has 6 heteroatoms. The number of benzene rings is 1. The van der Waals surface area contributed by atoms with Gasteiger partial charge in [0.15, 0.2) is 0 Å². The predicted octanol–water partition coefficient (Wildman–Crippen LogP) is 2.34. The first kappa shape index (κ1) is 13.5. The van der Waals surface area contributed by atoms with Gasteiger partial charge in [0.2, 0.25) is 12.4 Å². The molecule has 0 radical (unpaired) electrons. The second kappa shape index (κ2) is 7.86. The van der Waals surface area contributed by atoms with Crippen LogP contribution in [0.15, 0.2) is 49.3 Å². The summed E-state index contributed by atoms with van der Waals surface area (Å²) < 4.78 is 0. The largest absolute Gasteiger partial charge is 0.259 e. The molecule has 0 unspecified atom stereocenters. The van der Waals surface area contributed by atoms with Gasteiger partial charge >= 0.3 is 0 Å². The zero-order valence-corrected chi connectivity index (χ0v) is 8.35. The Morgan fingerprint density at radius 3 is 1.94 bits per heavy atom. The van der Waals surface area contributed by atoms with Crippen LogP contribution in [-0.2, 0) is 0 Å². The molecule has 0 saturated heterocycles. The van der Waals surface area contributed by atoms with Crippen molar-refractivity contribution in [2.24, 2.45) is 0 Å². The van der Waals surface area contributed by atoms with Gasteiger partial charge in [-0.2, -0.15) is 0 Å². The van der Waals surface area contributed by atoms with Crippen molar-refractivity contribution in [3.05, 3.63) is 75.1 Å². The Kier molecular flexibility index (Phi) is 6.63. The number of nitro groups is 2. The molecule has 0 amide bonds. The number of nitrogens with zero attached hydrogens (tertiary/aromatic N) is 2. The molecule has 1 rings (SSSR count). The summed E-state index contributed by atoms with van der Waals surface area (Å²) in [6.07, 6.45) is 3.02. The third-order valence-electron chi connectivity index (χ3n) is 1.34. The topological polar surface area (TPSA) is 86.3 Å². The molecule has 0 N–H and O–H groups in total. The lowest BCUT2D eigenvalue weighted by atomic mass is 10.2. The van der Waals surface area contributed by atoms with Crippen molar-refractivity contribution in [3.63, 3.8) is 0 Å². The number of hydrogen-bond acceptors (Lipinski definition) is 4. The van der Waals surface area contributed by atoms with Crippen LogP contribution in [0.25, 0.3) is 6.08 Å². The zero-order chi connectivity index (χ0) is 12.4. The summed E-state index contributed by atoms with van der Waals surface area (Å²) in [4.78, 5) is 17.9. The molecule has 0 bridgehead atoms. The van der Waals surface area contributed by atoms with Gasteiger partial charge in [-0.25, -0.2) is 0 Å². The maximum atomic E-state index is 9.89. The fraction of sp³-hybridized carbons (Fsp3) is 0. The van der Waals surface area contributed by atoms with E-state index in [1.54, 1.807) is 12.1 Å². The summed E-state index contributed by atoms with van der Waals surface area (Å²) in [6, 6.07) is 9.14. The molecule has 0 atom stereocenters. The molecule has 1 aromatic rings. The predicted molar refractivity (Wildman–Crippen MR) is 59.7 cm³/mol. The summed E-state index contributed by atoms with van der Waals surface area (Å²) in [5, 5.41) is 18.9. The summed E-state index contributed by atoms with van der Waals surface area (Å²) in [5.74, 6) is 0. The van der Waals surface area contributed by atoms with E-state index in [2.05, 4.69) is 6.58 Å². The maximum Gasteiger partial charge on any atom is 0.235 e. The van der Waals surface area contributed by atoms with E-state index in [0.717, 1.165) is 11.8 Å². The Balaban J connectivity index is 0.000000385. The average molecular weight is 222 g/mol. The molecule has 0 aromatic heterocycles.